The molecule has 0 spiro atoms. The molecule has 0 heterocycles. The van der Waals surface area contributed by atoms with Gasteiger partial charge in [-0.3, -0.25) is 0 Å². The molecule has 1 aliphatic rings. The molecule has 0 aromatic heterocycles. The zero-order valence-corrected chi connectivity index (χ0v) is 10.5. The fourth-order valence-corrected chi connectivity index (χ4v) is 2.13. The Balaban J connectivity index is 1.89. The zero-order chi connectivity index (χ0) is 12.3. The predicted molar refractivity (Wildman–Crippen MR) is 68.9 cm³/mol. The molecule has 17 heavy (non-hydrogen) atoms. The average molecular weight is 232 g/mol. The summed E-state index contributed by atoms with van der Waals surface area (Å²) in [6.07, 6.45) is 3.47. The van der Waals surface area contributed by atoms with Crippen molar-refractivity contribution in [2.24, 2.45) is 0 Å². The van der Waals surface area contributed by atoms with Crippen molar-refractivity contribution in [3.63, 3.8) is 0 Å². The summed E-state index contributed by atoms with van der Waals surface area (Å²) in [4.78, 5) is 11.7. The first-order valence-electron chi connectivity index (χ1n) is 6.29. The molecule has 2 amide bonds. The highest BCUT2D eigenvalue weighted by Gasteiger charge is 2.20. The van der Waals surface area contributed by atoms with Crippen LogP contribution in [-0.2, 0) is 0 Å². The third-order valence-electron chi connectivity index (χ3n) is 3.44. The molecule has 0 aliphatic heterocycles. The quantitative estimate of drug-likeness (QED) is 0.826. The lowest BCUT2D eigenvalue weighted by Gasteiger charge is -2.27. The first-order valence-corrected chi connectivity index (χ1v) is 6.29. The second-order valence-corrected chi connectivity index (χ2v) is 4.82. The van der Waals surface area contributed by atoms with Crippen molar-refractivity contribution < 1.29 is 4.79 Å². The summed E-state index contributed by atoms with van der Waals surface area (Å²) in [5.41, 5.74) is 2.39. The van der Waals surface area contributed by atoms with Gasteiger partial charge in [0.25, 0.3) is 0 Å². The number of amides is 2. The van der Waals surface area contributed by atoms with Crippen molar-refractivity contribution in [3.8, 4) is 0 Å². The Morgan fingerprint density at radius 1 is 1.35 bits per heavy atom. The van der Waals surface area contributed by atoms with Crippen LogP contribution < -0.4 is 10.6 Å². The van der Waals surface area contributed by atoms with Gasteiger partial charge in [-0.2, -0.15) is 0 Å². The minimum Gasteiger partial charge on any atom is -0.335 e. The Bertz CT molecular complexity index is 399. The Morgan fingerprint density at radius 3 is 2.65 bits per heavy atom. The van der Waals surface area contributed by atoms with Gasteiger partial charge in [0.15, 0.2) is 0 Å². The minimum absolute atomic E-state index is 0.0505. The van der Waals surface area contributed by atoms with Crippen LogP contribution in [0.3, 0.4) is 0 Å². The largest absolute Gasteiger partial charge is 0.335 e. The van der Waals surface area contributed by atoms with E-state index in [1.807, 2.05) is 19.1 Å². The van der Waals surface area contributed by atoms with Crippen molar-refractivity contribution in [1.29, 1.82) is 0 Å². The molecule has 1 atom stereocenters. The van der Waals surface area contributed by atoms with Gasteiger partial charge in [0.1, 0.15) is 0 Å². The number of rotatable bonds is 3. The standard InChI is InChI=1S/C14H20N2O/c1-10-6-3-4-9-13(10)11(2)15-14(17)16-12-7-5-8-12/h3-4,6,9,11-12H,5,7-8H2,1-2H3,(H2,15,16,17). The van der Waals surface area contributed by atoms with Gasteiger partial charge in [0.05, 0.1) is 6.04 Å². The topological polar surface area (TPSA) is 41.1 Å². The Morgan fingerprint density at radius 2 is 2.06 bits per heavy atom. The van der Waals surface area contributed by atoms with Gasteiger partial charge in [-0.1, -0.05) is 24.3 Å². The first kappa shape index (κ1) is 12.0. The molecule has 1 saturated carbocycles. The lowest BCUT2D eigenvalue weighted by Crippen LogP contribution is -2.45. The Kier molecular flexibility index (Phi) is 3.67. The summed E-state index contributed by atoms with van der Waals surface area (Å²) < 4.78 is 0. The second-order valence-electron chi connectivity index (χ2n) is 4.82. The van der Waals surface area contributed by atoms with Crippen LogP contribution in [0.5, 0.6) is 0 Å². The highest BCUT2D eigenvalue weighted by atomic mass is 16.2. The summed E-state index contributed by atoms with van der Waals surface area (Å²) >= 11 is 0. The maximum atomic E-state index is 11.7. The van der Waals surface area contributed by atoms with E-state index in [-0.39, 0.29) is 12.1 Å². The number of nitrogens with one attached hydrogen (secondary N) is 2. The van der Waals surface area contributed by atoms with Crippen molar-refractivity contribution in [2.45, 2.75) is 45.2 Å². The van der Waals surface area contributed by atoms with Crippen LogP contribution in [0.2, 0.25) is 0 Å². The van der Waals surface area contributed by atoms with E-state index in [1.165, 1.54) is 17.5 Å². The van der Waals surface area contributed by atoms with Gasteiger partial charge in [-0.05, 0) is 44.2 Å². The van der Waals surface area contributed by atoms with Gasteiger partial charge in [0.2, 0.25) is 0 Å². The molecule has 2 rings (SSSR count). The van der Waals surface area contributed by atoms with E-state index in [1.54, 1.807) is 0 Å². The van der Waals surface area contributed by atoms with E-state index in [0.717, 1.165) is 12.8 Å². The molecular weight excluding hydrogens is 212 g/mol. The highest BCUT2D eigenvalue weighted by molar-refractivity contribution is 5.74. The summed E-state index contributed by atoms with van der Waals surface area (Å²) in [5.74, 6) is 0. The molecule has 0 saturated heterocycles. The van der Waals surface area contributed by atoms with Crippen molar-refractivity contribution in [3.05, 3.63) is 35.4 Å². The fourth-order valence-electron chi connectivity index (χ4n) is 2.13. The lowest BCUT2D eigenvalue weighted by atomic mass is 9.93. The summed E-state index contributed by atoms with van der Waals surface area (Å²) in [6.45, 7) is 4.08. The molecule has 1 aliphatic carbocycles. The maximum Gasteiger partial charge on any atom is 0.315 e. The summed E-state index contributed by atoms with van der Waals surface area (Å²) in [5, 5.41) is 5.97. The van der Waals surface area contributed by atoms with E-state index in [4.69, 9.17) is 0 Å². The van der Waals surface area contributed by atoms with E-state index in [0.29, 0.717) is 6.04 Å². The van der Waals surface area contributed by atoms with Crippen molar-refractivity contribution in [2.75, 3.05) is 0 Å². The number of urea groups is 1. The van der Waals surface area contributed by atoms with E-state index in [2.05, 4.69) is 29.7 Å². The number of benzene rings is 1. The third kappa shape index (κ3) is 2.99. The molecular formula is C14H20N2O. The first-order chi connectivity index (χ1) is 8.16. The molecule has 92 valence electrons. The molecule has 3 nitrogen and oxygen atoms in total. The average Bonchev–Trinajstić information content (AvgIpc) is 2.24. The van der Waals surface area contributed by atoms with Gasteiger partial charge >= 0.3 is 6.03 Å². The van der Waals surface area contributed by atoms with Crippen LogP contribution in [-0.4, -0.2) is 12.1 Å². The second kappa shape index (κ2) is 5.21. The molecule has 1 aromatic rings. The normalized spacial score (nSPS) is 17.1. The number of hydrogen-bond donors (Lipinski definition) is 2. The molecule has 1 aromatic carbocycles. The Labute approximate surface area is 103 Å². The number of carbonyl (C=O) groups excluding carboxylic acids is 1. The van der Waals surface area contributed by atoms with Crippen molar-refractivity contribution in [1.82, 2.24) is 10.6 Å². The van der Waals surface area contributed by atoms with E-state index in [9.17, 15) is 4.79 Å². The van der Waals surface area contributed by atoms with E-state index < -0.39 is 0 Å². The molecule has 3 heteroatoms. The summed E-state index contributed by atoms with van der Waals surface area (Å²) in [6, 6.07) is 8.53. The summed E-state index contributed by atoms with van der Waals surface area (Å²) in [7, 11) is 0. The van der Waals surface area contributed by atoms with Gasteiger partial charge in [0, 0.05) is 6.04 Å². The minimum atomic E-state index is -0.0505. The molecule has 2 N–H and O–H groups in total. The van der Waals surface area contributed by atoms with Gasteiger partial charge < -0.3 is 10.6 Å². The van der Waals surface area contributed by atoms with Crippen molar-refractivity contribution >= 4 is 6.03 Å². The van der Waals surface area contributed by atoms with Gasteiger partial charge in [-0.25, -0.2) is 4.79 Å². The maximum absolute atomic E-state index is 11.7. The van der Waals surface area contributed by atoms with Crippen LogP contribution in [0.1, 0.15) is 43.4 Å². The van der Waals surface area contributed by atoms with Crippen LogP contribution in [0, 0.1) is 6.92 Å². The SMILES string of the molecule is Cc1ccccc1C(C)NC(=O)NC1CCC1. The Hall–Kier alpha value is -1.51. The third-order valence-corrected chi connectivity index (χ3v) is 3.44. The molecule has 1 fully saturated rings. The van der Waals surface area contributed by atoms with Crippen LogP contribution in [0.15, 0.2) is 24.3 Å². The fraction of sp³-hybridized carbons (Fsp3) is 0.500. The predicted octanol–water partition coefficient (Wildman–Crippen LogP) is 2.91. The smallest absolute Gasteiger partial charge is 0.315 e. The molecule has 1 unspecified atom stereocenters. The van der Waals surface area contributed by atoms with Gasteiger partial charge in [-0.15, -0.1) is 0 Å². The molecule has 0 bridgehead atoms. The number of carbonyl (C=O) groups is 1. The van der Waals surface area contributed by atoms with Crippen LogP contribution in [0.25, 0.3) is 0 Å². The number of aryl methyl sites for hydroxylation is 1. The van der Waals surface area contributed by atoms with Crippen LogP contribution >= 0.6 is 0 Å². The zero-order valence-electron chi connectivity index (χ0n) is 10.5. The number of hydrogen-bond acceptors (Lipinski definition) is 1. The van der Waals surface area contributed by atoms with E-state index >= 15 is 0 Å². The van der Waals surface area contributed by atoms with Crippen LogP contribution in [0.4, 0.5) is 4.79 Å². The monoisotopic (exact) mass is 232 g/mol. The highest BCUT2D eigenvalue weighted by Crippen LogP contribution is 2.19. The lowest BCUT2D eigenvalue weighted by molar-refractivity contribution is 0.225. The molecule has 0 radical (unpaired) electrons.